The summed E-state index contributed by atoms with van der Waals surface area (Å²) in [6.45, 7) is 4.00. The van der Waals surface area contributed by atoms with Gasteiger partial charge in [0.2, 0.25) is 0 Å². The van der Waals surface area contributed by atoms with Crippen LogP contribution in [0.3, 0.4) is 0 Å². The third-order valence-corrected chi connectivity index (χ3v) is 8.79. The summed E-state index contributed by atoms with van der Waals surface area (Å²) in [4.78, 5) is 34.6. The number of ketones is 1. The Kier molecular flexibility index (Phi) is 6.35. The van der Waals surface area contributed by atoms with Crippen molar-refractivity contribution in [3.05, 3.63) is 53.7 Å². The number of nitrogens with zero attached hydrogens (tertiary/aromatic N) is 4. The van der Waals surface area contributed by atoms with E-state index in [1.54, 1.807) is 0 Å². The lowest BCUT2D eigenvalue weighted by Crippen LogP contribution is -2.41. The molecule has 1 aliphatic carbocycles. The van der Waals surface area contributed by atoms with Crippen LogP contribution in [0.25, 0.3) is 32.8 Å². The maximum absolute atomic E-state index is 13.2. The van der Waals surface area contributed by atoms with E-state index in [2.05, 4.69) is 23.2 Å². The van der Waals surface area contributed by atoms with E-state index in [-0.39, 0.29) is 24.3 Å². The highest BCUT2D eigenvalue weighted by molar-refractivity contribution is 6.11. The van der Waals surface area contributed by atoms with Crippen LogP contribution in [0.1, 0.15) is 73.7 Å². The molecule has 9 heteroatoms. The van der Waals surface area contributed by atoms with Crippen LogP contribution < -0.4 is 0 Å². The molecule has 0 amide bonds. The molecule has 7 rings (SSSR count). The summed E-state index contributed by atoms with van der Waals surface area (Å²) < 4.78 is 13.7. The minimum atomic E-state index is -1.06. The second kappa shape index (κ2) is 10.1. The fourth-order valence-corrected chi connectivity index (χ4v) is 6.60. The monoisotopic (exact) mass is 540 g/mol. The van der Waals surface area contributed by atoms with Gasteiger partial charge < -0.3 is 14.6 Å². The van der Waals surface area contributed by atoms with Crippen LogP contribution in [0.15, 0.2) is 36.7 Å². The van der Waals surface area contributed by atoms with Gasteiger partial charge in [-0.15, -0.1) is 0 Å². The molecule has 2 aliphatic heterocycles. The summed E-state index contributed by atoms with van der Waals surface area (Å²) in [5, 5.41) is 17.2. The molecule has 0 spiro atoms. The molecular weight excluding hydrogens is 508 g/mol. The van der Waals surface area contributed by atoms with E-state index in [0.717, 1.165) is 76.3 Å². The molecule has 2 saturated heterocycles. The zero-order chi connectivity index (χ0) is 27.4. The third-order valence-electron chi connectivity index (χ3n) is 8.79. The molecular formula is C31H32N4O5. The van der Waals surface area contributed by atoms with Crippen molar-refractivity contribution >= 4 is 33.4 Å². The first-order valence-corrected chi connectivity index (χ1v) is 14.2. The van der Waals surface area contributed by atoms with E-state index in [0.29, 0.717) is 25.5 Å². The average molecular weight is 541 g/mol. The van der Waals surface area contributed by atoms with Gasteiger partial charge in [0.15, 0.2) is 12.0 Å². The number of fused-ring (bicyclic) bond motifs is 2. The lowest BCUT2D eigenvalue weighted by atomic mass is 9.70. The number of benzene rings is 1. The van der Waals surface area contributed by atoms with Crippen molar-refractivity contribution in [3.63, 3.8) is 0 Å². The predicted octanol–water partition coefficient (Wildman–Crippen LogP) is 5.31. The van der Waals surface area contributed by atoms with Crippen molar-refractivity contribution in [3.8, 4) is 11.1 Å². The molecule has 3 fully saturated rings. The molecule has 0 radical (unpaired) electrons. The highest BCUT2D eigenvalue weighted by Gasteiger charge is 2.47. The normalized spacial score (nSPS) is 23.9. The van der Waals surface area contributed by atoms with Gasteiger partial charge in [-0.3, -0.25) is 19.6 Å². The molecule has 4 aromatic rings. The van der Waals surface area contributed by atoms with Crippen LogP contribution >= 0.6 is 0 Å². The third kappa shape index (κ3) is 4.19. The Balaban J connectivity index is 1.50. The average Bonchev–Trinajstić information content (AvgIpc) is 3.38. The van der Waals surface area contributed by atoms with Crippen LogP contribution in [-0.4, -0.2) is 56.4 Å². The van der Waals surface area contributed by atoms with Crippen molar-refractivity contribution in [1.82, 2.24) is 19.7 Å². The molecule has 3 atom stereocenters. The highest BCUT2D eigenvalue weighted by atomic mass is 16.5. The second-order valence-electron chi connectivity index (χ2n) is 11.3. The molecule has 3 aliphatic rings. The molecule has 40 heavy (non-hydrogen) atoms. The van der Waals surface area contributed by atoms with E-state index in [4.69, 9.17) is 19.6 Å². The van der Waals surface area contributed by atoms with Crippen LogP contribution in [0.4, 0.5) is 0 Å². The van der Waals surface area contributed by atoms with Crippen molar-refractivity contribution in [2.75, 3.05) is 19.8 Å². The summed E-state index contributed by atoms with van der Waals surface area (Å²) in [5.41, 5.74) is 5.54. The lowest BCUT2D eigenvalue weighted by molar-refractivity contribution is -0.152. The number of aromatic nitrogens is 4. The molecule has 5 heterocycles. The van der Waals surface area contributed by atoms with Crippen molar-refractivity contribution in [1.29, 1.82) is 0 Å². The van der Waals surface area contributed by atoms with Gasteiger partial charge in [0.1, 0.15) is 5.92 Å². The van der Waals surface area contributed by atoms with Gasteiger partial charge in [-0.2, -0.15) is 5.10 Å². The second-order valence-corrected chi connectivity index (χ2v) is 11.3. The fourth-order valence-electron chi connectivity index (χ4n) is 6.60. The maximum atomic E-state index is 13.2. The number of aliphatic carboxylic acids is 1. The number of carboxylic acid groups (broad SMARTS) is 1. The van der Waals surface area contributed by atoms with E-state index in [9.17, 15) is 14.7 Å². The first-order chi connectivity index (χ1) is 19.5. The van der Waals surface area contributed by atoms with Gasteiger partial charge in [0.25, 0.3) is 0 Å². The summed E-state index contributed by atoms with van der Waals surface area (Å²) in [6, 6.07) is 8.35. The van der Waals surface area contributed by atoms with E-state index < -0.39 is 17.8 Å². The van der Waals surface area contributed by atoms with E-state index in [1.165, 1.54) is 0 Å². The van der Waals surface area contributed by atoms with Crippen molar-refractivity contribution < 1.29 is 24.2 Å². The van der Waals surface area contributed by atoms with Gasteiger partial charge >= 0.3 is 5.97 Å². The quantitative estimate of drug-likeness (QED) is 0.339. The summed E-state index contributed by atoms with van der Waals surface area (Å²) >= 11 is 0. The SMILES string of the molecule is Cc1cc(-c2c(C3CCOCC3)nc(C3CC(C(=O)O)C3=O)c3cc4c(cnn4C4CCCCO4)cc23)ccn1. The molecule has 0 bridgehead atoms. The van der Waals surface area contributed by atoms with Crippen LogP contribution in [-0.2, 0) is 19.1 Å². The van der Waals surface area contributed by atoms with Gasteiger partial charge in [-0.05, 0) is 80.7 Å². The lowest BCUT2D eigenvalue weighted by Gasteiger charge is -2.33. The van der Waals surface area contributed by atoms with Crippen LogP contribution in [0.5, 0.6) is 0 Å². The zero-order valence-corrected chi connectivity index (χ0v) is 22.5. The number of Topliss-reactive ketones (excluding diaryl/α,β-unsaturated/α-hetero) is 1. The molecule has 9 nitrogen and oxygen atoms in total. The Labute approximate surface area is 231 Å². The smallest absolute Gasteiger partial charge is 0.314 e. The standard InChI is InChI=1S/C31H32N4O5/c1-17-12-19(5-8-32-17)27-21-13-20-16-33-35(26-4-2-3-9-40-26)25(20)15-22(21)29(23-14-24(30(23)36)31(37)38)34-28(27)18-6-10-39-11-7-18/h5,8,12-13,15-16,18,23-24,26H,2-4,6-7,9-11,14H2,1H3,(H,37,38). The molecule has 1 aromatic carbocycles. The molecule has 1 N–H and O–H groups in total. The maximum Gasteiger partial charge on any atom is 0.314 e. The number of carbonyl (C=O) groups excluding carboxylic acids is 1. The Morgan fingerprint density at radius 3 is 2.62 bits per heavy atom. The van der Waals surface area contributed by atoms with Gasteiger partial charge in [0, 0.05) is 54.0 Å². The van der Waals surface area contributed by atoms with Crippen LogP contribution in [0.2, 0.25) is 0 Å². The predicted molar refractivity (Wildman–Crippen MR) is 148 cm³/mol. The number of aryl methyl sites for hydroxylation is 1. The minimum Gasteiger partial charge on any atom is -0.481 e. The number of carboxylic acids is 1. The summed E-state index contributed by atoms with van der Waals surface area (Å²) in [6.07, 6.45) is 8.54. The first kappa shape index (κ1) is 25.3. The highest BCUT2D eigenvalue weighted by Crippen LogP contribution is 2.46. The minimum absolute atomic E-state index is 0.134. The Morgan fingerprint density at radius 1 is 1.05 bits per heavy atom. The topological polar surface area (TPSA) is 116 Å². The molecule has 1 saturated carbocycles. The molecule has 206 valence electrons. The Hall–Kier alpha value is -3.69. The number of hydrogen-bond donors (Lipinski definition) is 1. The molecule has 3 aromatic heterocycles. The molecule has 3 unspecified atom stereocenters. The summed E-state index contributed by atoms with van der Waals surface area (Å²) in [5.74, 6) is -2.68. The largest absolute Gasteiger partial charge is 0.481 e. The van der Waals surface area contributed by atoms with E-state index in [1.807, 2.05) is 30.1 Å². The van der Waals surface area contributed by atoms with Gasteiger partial charge in [-0.1, -0.05) is 0 Å². The number of pyridine rings is 2. The van der Waals surface area contributed by atoms with Crippen molar-refractivity contribution in [2.45, 2.75) is 63.5 Å². The van der Waals surface area contributed by atoms with Crippen LogP contribution in [0, 0.1) is 12.8 Å². The number of carbonyl (C=O) groups is 2. The summed E-state index contributed by atoms with van der Waals surface area (Å²) in [7, 11) is 0. The number of rotatable bonds is 5. The van der Waals surface area contributed by atoms with Crippen molar-refractivity contribution in [2.24, 2.45) is 5.92 Å². The van der Waals surface area contributed by atoms with Gasteiger partial charge in [0.05, 0.1) is 29.0 Å². The Bertz CT molecular complexity index is 1630. The Morgan fingerprint density at radius 2 is 1.90 bits per heavy atom. The first-order valence-electron chi connectivity index (χ1n) is 14.2. The fraction of sp³-hybridized carbons (Fsp3) is 0.452. The van der Waals surface area contributed by atoms with E-state index >= 15 is 0 Å². The zero-order valence-electron chi connectivity index (χ0n) is 22.5. The number of ether oxygens (including phenoxy) is 2. The van der Waals surface area contributed by atoms with Gasteiger partial charge in [-0.25, -0.2) is 4.68 Å². The number of hydrogen-bond acceptors (Lipinski definition) is 7.